The SMILES string of the molecule is COc1ccc(/C=C2/Oc3cc(OCC(=O)NCCC(=O)O)ccc3C2=O)c(OC)c1. The molecule has 0 saturated carbocycles. The van der Waals surface area contributed by atoms with Crippen LogP contribution in [0.1, 0.15) is 22.3 Å². The summed E-state index contributed by atoms with van der Waals surface area (Å²) in [4.78, 5) is 34.8. The summed E-state index contributed by atoms with van der Waals surface area (Å²) in [5.41, 5.74) is 1.02. The summed E-state index contributed by atoms with van der Waals surface area (Å²) in [6.45, 7) is -0.277. The summed E-state index contributed by atoms with van der Waals surface area (Å²) < 4.78 is 21.6. The fraction of sp³-hybridized carbons (Fsp3) is 0.227. The molecule has 0 atom stereocenters. The third kappa shape index (κ3) is 5.33. The first-order chi connectivity index (χ1) is 14.9. The number of amides is 1. The summed E-state index contributed by atoms with van der Waals surface area (Å²) in [6.07, 6.45) is 1.41. The number of carbonyl (C=O) groups is 3. The van der Waals surface area contributed by atoms with E-state index in [1.165, 1.54) is 13.2 Å². The zero-order valence-electron chi connectivity index (χ0n) is 17.0. The number of carboxylic acid groups (broad SMARTS) is 1. The number of nitrogens with one attached hydrogen (secondary N) is 1. The molecule has 0 fully saturated rings. The maximum atomic E-state index is 12.7. The van der Waals surface area contributed by atoms with Crippen LogP contribution in [0, 0.1) is 0 Å². The molecule has 0 spiro atoms. The number of methoxy groups -OCH3 is 2. The van der Waals surface area contributed by atoms with Crippen LogP contribution < -0.4 is 24.3 Å². The van der Waals surface area contributed by atoms with Crippen LogP contribution in [0.3, 0.4) is 0 Å². The number of aliphatic carboxylic acids is 1. The Morgan fingerprint density at radius 3 is 2.58 bits per heavy atom. The molecule has 31 heavy (non-hydrogen) atoms. The standard InChI is InChI=1S/C22H21NO8/c1-28-14-4-3-13(17(10-14)29-2)9-19-22(27)16-6-5-15(11-18(16)31-19)30-12-20(24)23-8-7-21(25)26/h3-6,9-11H,7-8,12H2,1-2H3,(H,23,24)(H,25,26)/b19-9+. The Hall–Kier alpha value is -4.01. The fourth-order valence-electron chi connectivity index (χ4n) is 2.84. The number of carbonyl (C=O) groups excluding carboxylic acids is 2. The van der Waals surface area contributed by atoms with E-state index in [-0.39, 0.29) is 31.1 Å². The monoisotopic (exact) mass is 427 g/mol. The second kappa shape index (κ2) is 9.66. The van der Waals surface area contributed by atoms with Crippen molar-refractivity contribution in [1.29, 1.82) is 0 Å². The van der Waals surface area contributed by atoms with E-state index in [0.717, 1.165) is 0 Å². The quantitative estimate of drug-likeness (QED) is 0.585. The van der Waals surface area contributed by atoms with E-state index >= 15 is 0 Å². The number of benzene rings is 2. The maximum Gasteiger partial charge on any atom is 0.305 e. The molecule has 0 bridgehead atoms. The Morgan fingerprint density at radius 2 is 1.87 bits per heavy atom. The Kier molecular flexibility index (Phi) is 6.76. The number of allylic oxidation sites excluding steroid dienone is 1. The molecular weight excluding hydrogens is 406 g/mol. The first kappa shape index (κ1) is 21.7. The molecule has 2 aromatic carbocycles. The molecule has 2 aromatic rings. The largest absolute Gasteiger partial charge is 0.497 e. The average Bonchev–Trinajstić information content (AvgIpc) is 3.07. The van der Waals surface area contributed by atoms with Gasteiger partial charge in [-0.3, -0.25) is 14.4 Å². The Balaban J connectivity index is 1.68. The molecule has 0 aliphatic carbocycles. The molecule has 162 valence electrons. The predicted octanol–water partition coefficient (Wildman–Crippen LogP) is 2.29. The third-order valence-corrected chi connectivity index (χ3v) is 4.40. The molecule has 3 rings (SSSR count). The van der Waals surface area contributed by atoms with Gasteiger partial charge in [0.1, 0.15) is 23.0 Å². The maximum absolute atomic E-state index is 12.7. The lowest BCUT2D eigenvalue weighted by atomic mass is 10.1. The van der Waals surface area contributed by atoms with Gasteiger partial charge in [0.25, 0.3) is 5.91 Å². The predicted molar refractivity (Wildman–Crippen MR) is 110 cm³/mol. The van der Waals surface area contributed by atoms with Crippen molar-refractivity contribution < 1.29 is 38.4 Å². The van der Waals surface area contributed by atoms with Gasteiger partial charge in [0.05, 0.1) is 26.2 Å². The zero-order valence-corrected chi connectivity index (χ0v) is 17.0. The van der Waals surface area contributed by atoms with E-state index in [4.69, 9.17) is 24.1 Å². The van der Waals surface area contributed by atoms with Crippen LogP contribution in [-0.4, -0.2) is 50.1 Å². The van der Waals surface area contributed by atoms with Gasteiger partial charge in [-0.05, 0) is 30.3 Å². The highest BCUT2D eigenvalue weighted by molar-refractivity contribution is 6.14. The van der Waals surface area contributed by atoms with Crippen molar-refractivity contribution in [2.24, 2.45) is 0 Å². The minimum Gasteiger partial charge on any atom is -0.497 e. The Labute approximate surface area is 178 Å². The molecule has 1 aliphatic heterocycles. The van der Waals surface area contributed by atoms with Gasteiger partial charge in [-0.25, -0.2) is 0 Å². The first-order valence-corrected chi connectivity index (χ1v) is 9.33. The van der Waals surface area contributed by atoms with Gasteiger partial charge in [-0.1, -0.05) is 0 Å². The van der Waals surface area contributed by atoms with Crippen LogP contribution in [0.5, 0.6) is 23.0 Å². The van der Waals surface area contributed by atoms with Crippen LogP contribution in [-0.2, 0) is 9.59 Å². The third-order valence-electron chi connectivity index (χ3n) is 4.40. The van der Waals surface area contributed by atoms with Crippen molar-refractivity contribution in [3.63, 3.8) is 0 Å². The normalized spacial score (nSPS) is 13.4. The molecule has 0 radical (unpaired) electrons. The molecule has 0 saturated heterocycles. The highest BCUT2D eigenvalue weighted by atomic mass is 16.5. The number of ketones is 1. The van der Waals surface area contributed by atoms with Gasteiger partial charge in [0.15, 0.2) is 12.4 Å². The first-order valence-electron chi connectivity index (χ1n) is 9.33. The number of ether oxygens (including phenoxy) is 4. The van der Waals surface area contributed by atoms with E-state index < -0.39 is 11.9 Å². The van der Waals surface area contributed by atoms with Crippen LogP contribution in [0.15, 0.2) is 42.2 Å². The van der Waals surface area contributed by atoms with Gasteiger partial charge in [0.2, 0.25) is 5.78 Å². The smallest absolute Gasteiger partial charge is 0.305 e. The van der Waals surface area contributed by atoms with Crippen molar-refractivity contribution in [3.05, 3.63) is 53.3 Å². The average molecular weight is 427 g/mol. The summed E-state index contributed by atoms with van der Waals surface area (Å²) in [7, 11) is 3.07. The van der Waals surface area contributed by atoms with Crippen molar-refractivity contribution in [2.75, 3.05) is 27.4 Å². The highest BCUT2D eigenvalue weighted by Crippen LogP contribution is 2.36. The van der Waals surface area contributed by atoms with E-state index in [2.05, 4.69) is 5.32 Å². The summed E-state index contributed by atoms with van der Waals surface area (Å²) in [5, 5.41) is 11.0. The van der Waals surface area contributed by atoms with Gasteiger partial charge in [-0.15, -0.1) is 0 Å². The number of rotatable bonds is 9. The van der Waals surface area contributed by atoms with Gasteiger partial charge in [0, 0.05) is 24.2 Å². The molecule has 9 nitrogen and oxygen atoms in total. The highest BCUT2D eigenvalue weighted by Gasteiger charge is 2.28. The molecule has 0 unspecified atom stereocenters. The Morgan fingerprint density at radius 1 is 1.10 bits per heavy atom. The summed E-state index contributed by atoms with van der Waals surface area (Å²) >= 11 is 0. The van der Waals surface area contributed by atoms with Gasteiger partial charge in [-0.2, -0.15) is 0 Å². The number of hydrogen-bond acceptors (Lipinski definition) is 7. The van der Waals surface area contributed by atoms with Crippen molar-refractivity contribution in [3.8, 4) is 23.0 Å². The molecule has 1 amide bonds. The van der Waals surface area contributed by atoms with E-state index in [1.54, 1.807) is 43.5 Å². The number of Topliss-reactive ketones (excluding diaryl/α,β-unsaturated/α-hetero) is 1. The molecule has 2 N–H and O–H groups in total. The summed E-state index contributed by atoms with van der Waals surface area (Å²) in [5.74, 6) is 0.180. The molecule has 1 aliphatic rings. The van der Waals surface area contributed by atoms with Crippen LogP contribution in [0.2, 0.25) is 0 Å². The summed E-state index contributed by atoms with van der Waals surface area (Å²) in [6, 6.07) is 9.83. The van der Waals surface area contributed by atoms with Crippen molar-refractivity contribution in [2.45, 2.75) is 6.42 Å². The zero-order chi connectivity index (χ0) is 22.4. The lowest BCUT2D eigenvalue weighted by Gasteiger charge is -2.08. The van der Waals surface area contributed by atoms with Crippen molar-refractivity contribution in [1.82, 2.24) is 5.32 Å². The lowest BCUT2D eigenvalue weighted by Crippen LogP contribution is -2.30. The second-order valence-electron chi connectivity index (χ2n) is 6.49. The second-order valence-corrected chi connectivity index (χ2v) is 6.49. The molecule has 1 heterocycles. The van der Waals surface area contributed by atoms with E-state index in [0.29, 0.717) is 34.1 Å². The van der Waals surface area contributed by atoms with Gasteiger partial charge >= 0.3 is 5.97 Å². The molecular formula is C22H21NO8. The molecule has 9 heteroatoms. The van der Waals surface area contributed by atoms with Crippen LogP contribution >= 0.6 is 0 Å². The number of hydrogen-bond donors (Lipinski definition) is 2. The van der Waals surface area contributed by atoms with E-state index in [9.17, 15) is 14.4 Å². The van der Waals surface area contributed by atoms with Gasteiger partial charge < -0.3 is 29.4 Å². The van der Waals surface area contributed by atoms with Crippen LogP contribution in [0.25, 0.3) is 6.08 Å². The minimum absolute atomic E-state index is 0.0162. The Bertz CT molecular complexity index is 1040. The lowest BCUT2D eigenvalue weighted by molar-refractivity contribution is -0.137. The fourth-order valence-corrected chi connectivity index (χ4v) is 2.84. The molecule has 0 aromatic heterocycles. The van der Waals surface area contributed by atoms with Crippen LogP contribution in [0.4, 0.5) is 0 Å². The topological polar surface area (TPSA) is 120 Å². The number of fused-ring (bicyclic) bond motifs is 1. The van der Waals surface area contributed by atoms with Crippen molar-refractivity contribution >= 4 is 23.7 Å². The minimum atomic E-state index is -1.00. The van der Waals surface area contributed by atoms with E-state index in [1.807, 2.05) is 0 Å². The number of carboxylic acids is 1.